The molecule has 0 bridgehead atoms. The number of amides is 1. The van der Waals surface area contributed by atoms with Crippen molar-refractivity contribution >= 4 is 29.4 Å². The van der Waals surface area contributed by atoms with Crippen LogP contribution < -0.4 is 5.32 Å². The van der Waals surface area contributed by atoms with Gasteiger partial charge >= 0.3 is 6.09 Å². The van der Waals surface area contributed by atoms with E-state index in [0.717, 1.165) is 10.6 Å². The van der Waals surface area contributed by atoms with Gasteiger partial charge in [0.1, 0.15) is 10.6 Å². The lowest BCUT2D eigenvalue weighted by Gasteiger charge is -2.19. The number of hydrogen-bond acceptors (Lipinski definition) is 7. The second kappa shape index (κ2) is 7.21. The summed E-state index contributed by atoms with van der Waals surface area (Å²) in [6.45, 7) is 7.84. The predicted octanol–water partition coefficient (Wildman–Crippen LogP) is 2.49. The van der Waals surface area contributed by atoms with Gasteiger partial charge in [-0.1, -0.05) is 11.8 Å². The highest BCUT2D eigenvalue weighted by molar-refractivity contribution is 8.14. The van der Waals surface area contributed by atoms with E-state index >= 15 is 0 Å². The first-order chi connectivity index (χ1) is 11.2. The first-order valence-electron chi connectivity index (χ1n) is 7.47. The number of carbonyl (C=O) groups is 2. The average Bonchev–Trinajstić information content (AvgIpc) is 2.86. The van der Waals surface area contributed by atoms with Crippen molar-refractivity contribution in [1.82, 2.24) is 10.3 Å². The van der Waals surface area contributed by atoms with Crippen molar-refractivity contribution in [3.63, 3.8) is 0 Å². The first kappa shape index (κ1) is 18.3. The van der Waals surface area contributed by atoms with Gasteiger partial charge in [-0.15, -0.1) is 0 Å². The van der Waals surface area contributed by atoms with Crippen LogP contribution >= 0.6 is 11.8 Å². The molecule has 2 rings (SSSR count). The van der Waals surface area contributed by atoms with Crippen LogP contribution in [0.5, 0.6) is 0 Å². The summed E-state index contributed by atoms with van der Waals surface area (Å²) in [7, 11) is 0. The maximum atomic E-state index is 11.7. The molecule has 130 valence electrons. The van der Waals surface area contributed by atoms with Gasteiger partial charge in [-0.3, -0.25) is 9.78 Å². The molecule has 0 saturated carbocycles. The number of aliphatic imine (C=N–C) groups is 1. The number of hydrogen-bond donors (Lipinski definition) is 1. The van der Waals surface area contributed by atoms with Gasteiger partial charge < -0.3 is 14.8 Å². The molecule has 0 spiro atoms. The highest BCUT2D eigenvalue weighted by Gasteiger charge is 2.32. The van der Waals surface area contributed by atoms with Crippen molar-refractivity contribution in [2.45, 2.75) is 45.6 Å². The van der Waals surface area contributed by atoms with Crippen molar-refractivity contribution in [2.24, 2.45) is 4.99 Å². The number of aromatic nitrogens is 1. The van der Waals surface area contributed by atoms with E-state index in [1.807, 2.05) is 12.1 Å². The quantitative estimate of drug-likeness (QED) is 0.820. The number of thioether (sulfide) groups is 1. The van der Waals surface area contributed by atoms with E-state index in [9.17, 15) is 9.59 Å². The molecule has 1 aliphatic heterocycles. The highest BCUT2D eigenvalue weighted by Crippen LogP contribution is 2.31. The van der Waals surface area contributed by atoms with Crippen LogP contribution in [-0.2, 0) is 20.8 Å². The van der Waals surface area contributed by atoms with E-state index in [1.165, 1.54) is 11.8 Å². The molecule has 1 amide bonds. The minimum atomic E-state index is -0.833. The summed E-state index contributed by atoms with van der Waals surface area (Å²) in [6, 6.07) is 3.67. The van der Waals surface area contributed by atoms with Crippen LogP contribution in [0.15, 0.2) is 23.3 Å². The van der Waals surface area contributed by atoms with Crippen LogP contribution in [0.4, 0.5) is 4.79 Å². The first-order valence-corrected chi connectivity index (χ1v) is 8.46. The highest BCUT2D eigenvalue weighted by atomic mass is 32.2. The van der Waals surface area contributed by atoms with Crippen molar-refractivity contribution in [1.29, 1.82) is 0 Å². The molecule has 24 heavy (non-hydrogen) atoms. The van der Waals surface area contributed by atoms with Crippen molar-refractivity contribution in [2.75, 3.05) is 5.75 Å². The number of pyridine rings is 1. The summed E-state index contributed by atoms with van der Waals surface area (Å²) < 4.78 is 10.2. The standard InChI is InChI=1S/C16H21N3O4S/c1-15(2,3)23-14(21)18-8-12-7-11(5-6-17-12)13-19-16(4,9-24-13)22-10-20/h5-7,10H,8-9H2,1-4H3,(H,18,21)/t16-/m1/s1. The minimum absolute atomic E-state index is 0.253. The second-order valence-electron chi connectivity index (χ2n) is 6.49. The van der Waals surface area contributed by atoms with E-state index < -0.39 is 17.4 Å². The molecule has 1 aromatic rings. The Morgan fingerprint density at radius 1 is 1.50 bits per heavy atom. The fraction of sp³-hybridized carbons (Fsp3) is 0.500. The number of carbonyl (C=O) groups excluding carboxylic acids is 2. The summed E-state index contributed by atoms with van der Waals surface area (Å²) in [5.74, 6) is 0.564. The summed E-state index contributed by atoms with van der Waals surface area (Å²) in [6.07, 6.45) is 1.16. The lowest BCUT2D eigenvalue weighted by atomic mass is 10.2. The van der Waals surface area contributed by atoms with E-state index in [-0.39, 0.29) is 6.54 Å². The lowest BCUT2D eigenvalue weighted by Crippen LogP contribution is -2.32. The number of nitrogens with zero attached hydrogens (tertiary/aromatic N) is 2. The zero-order valence-corrected chi connectivity index (χ0v) is 15.0. The molecule has 1 N–H and O–H groups in total. The number of nitrogens with one attached hydrogen (secondary N) is 1. The molecule has 0 unspecified atom stereocenters. The fourth-order valence-corrected chi connectivity index (χ4v) is 3.07. The van der Waals surface area contributed by atoms with Crippen LogP contribution in [0.3, 0.4) is 0 Å². The molecule has 0 aliphatic carbocycles. The monoisotopic (exact) mass is 351 g/mol. The van der Waals surface area contributed by atoms with E-state index in [1.54, 1.807) is 33.9 Å². The lowest BCUT2D eigenvalue weighted by molar-refractivity contribution is -0.138. The van der Waals surface area contributed by atoms with Gasteiger partial charge in [0.25, 0.3) is 6.47 Å². The smallest absolute Gasteiger partial charge is 0.407 e. The Bertz CT molecular complexity index is 657. The molecular formula is C16H21N3O4S. The van der Waals surface area contributed by atoms with E-state index in [2.05, 4.69) is 15.3 Å². The van der Waals surface area contributed by atoms with Gasteiger partial charge in [0.2, 0.25) is 5.72 Å². The van der Waals surface area contributed by atoms with Gasteiger partial charge in [-0.25, -0.2) is 9.79 Å². The fourth-order valence-electron chi connectivity index (χ4n) is 1.98. The zero-order valence-electron chi connectivity index (χ0n) is 14.2. The zero-order chi connectivity index (χ0) is 17.8. The minimum Gasteiger partial charge on any atom is -0.444 e. The Balaban J connectivity index is 2.02. The Labute approximate surface area is 145 Å². The maximum Gasteiger partial charge on any atom is 0.407 e. The van der Waals surface area contributed by atoms with Crippen molar-refractivity contribution in [3.8, 4) is 0 Å². The molecular weight excluding hydrogens is 330 g/mol. The molecule has 1 aliphatic rings. The Kier molecular flexibility index (Phi) is 5.48. The Hall–Kier alpha value is -2.09. The van der Waals surface area contributed by atoms with Crippen LogP contribution in [0.2, 0.25) is 0 Å². The number of alkyl carbamates (subject to hydrolysis) is 1. The average molecular weight is 351 g/mol. The molecule has 2 heterocycles. The van der Waals surface area contributed by atoms with Crippen LogP contribution in [0, 0.1) is 0 Å². The van der Waals surface area contributed by atoms with Crippen LogP contribution in [0.1, 0.15) is 39.0 Å². The maximum absolute atomic E-state index is 11.7. The van der Waals surface area contributed by atoms with Crippen LogP contribution in [-0.4, -0.2) is 39.7 Å². The van der Waals surface area contributed by atoms with E-state index in [0.29, 0.717) is 17.9 Å². The predicted molar refractivity (Wildman–Crippen MR) is 91.9 cm³/mol. The molecule has 0 fully saturated rings. The Morgan fingerprint density at radius 2 is 2.25 bits per heavy atom. The third-order valence-electron chi connectivity index (χ3n) is 2.99. The van der Waals surface area contributed by atoms with Gasteiger partial charge in [-0.05, 0) is 39.8 Å². The summed E-state index contributed by atoms with van der Waals surface area (Å²) in [4.78, 5) is 30.9. The van der Waals surface area contributed by atoms with Gasteiger partial charge in [0.05, 0.1) is 18.0 Å². The number of ether oxygens (including phenoxy) is 2. The summed E-state index contributed by atoms with van der Waals surface area (Å²) >= 11 is 1.51. The van der Waals surface area contributed by atoms with Gasteiger partial charge in [0, 0.05) is 11.8 Å². The summed E-state index contributed by atoms with van der Waals surface area (Å²) in [5, 5.41) is 3.45. The van der Waals surface area contributed by atoms with Gasteiger partial charge in [-0.2, -0.15) is 0 Å². The van der Waals surface area contributed by atoms with Gasteiger partial charge in [0.15, 0.2) is 0 Å². The molecule has 1 atom stereocenters. The SMILES string of the molecule is CC(C)(C)OC(=O)NCc1cc(C2=N[C@](C)(OC=O)CS2)ccn1. The molecule has 0 aromatic carbocycles. The number of rotatable bonds is 5. The normalized spacial score (nSPS) is 20.2. The third kappa shape index (κ3) is 5.23. The summed E-state index contributed by atoms with van der Waals surface area (Å²) in [5.41, 5.74) is 0.179. The van der Waals surface area contributed by atoms with Crippen molar-refractivity contribution < 1.29 is 19.1 Å². The van der Waals surface area contributed by atoms with Crippen LogP contribution in [0.25, 0.3) is 0 Å². The van der Waals surface area contributed by atoms with E-state index in [4.69, 9.17) is 9.47 Å². The Morgan fingerprint density at radius 3 is 2.92 bits per heavy atom. The molecule has 8 heteroatoms. The van der Waals surface area contributed by atoms with Crippen molar-refractivity contribution in [3.05, 3.63) is 29.6 Å². The largest absolute Gasteiger partial charge is 0.444 e. The molecule has 7 nitrogen and oxygen atoms in total. The molecule has 0 saturated heterocycles. The second-order valence-corrected chi connectivity index (χ2v) is 7.45. The molecule has 1 aromatic heterocycles. The topological polar surface area (TPSA) is 89.9 Å². The third-order valence-corrected chi connectivity index (χ3v) is 4.27. The molecule has 0 radical (unpaired) electrons.